The van der Waals surface area contributed by atoms with Crippen LogP contribution in [-0.4, -0.2) is 6.54 Å². The van der Waals surface area contributed by atoms with Crippen LogP contribution >= 0.6 is 0 Å². The van der Waals surface area contributed by atoms with Gasteiger partial charge in [0, 0.05) is 6.04 Å². The van der Waals surface area contributed by atoms with E-state index in [1.54, 1.807) is 6.07 Å². The van der Waals surface area contributed by atoms with Gasteiger partial charge in [-0.3, -0.25) is 0 Å². The van der Waals surface area contributed by atoms with Gasteiger partial charge in [-0.15, -0.1) is 0 Å². The van der Waals surface area contributed by atoms with Gasteiger partial charge in [0.05, 0.1) is 0 Å². The van der Waals surface area contributed by atoms with Crippen molar-refractivity contribution in [3.63, 3.8) is 0 Å². The first-order chi connectivity index (χ1) is 9.16. The van der Waals surface area contributed by atoms with Crippen molar-refractivity contribution in [2.24, 2.45) is 5.92 Å². The van der Waals surface area contributed by atoms with Crippen molar-refractivity contribution in [1.29, 1.82) is 0 Å². The number of benzene rings is 1. The number of hydrogen-bond acceptors (Lipinski definition) is 1. The van der Waals surface area contributed by atoms with Crippen molar-refractivity contribution in [3.05, 3.63) is 35.4 Å². The molecule has 0 aromatic heterocycles. The molecular weight excluding hydrogens is 244 g/mol. The molecule has 1 fully saturated rings. The average molecular weight is 267 g/mol. The van der Waals surface area contributed by atoms with E-state index in [0.29, 0.717) is 0 Å². The first kappa shape index (κ1) is 14.4. The van der Waals surface area contributed by atoms with Crippen LogP contribution in [0.1, 0.15) is 57.1 Å². The second kappa shape index (κ2) is 6.99. The molecule has 1 saturated carbocycles. The topological polar surface area (TPSA) is 12.0 Å². The van der Waals surface area contributed by atoms with Crippen molar-refractivity contribution in [2.75, 3.05) is 6.54 Å². The fourth-order valence-corrected chi connectivity index (χ4v) is 2.88. The van der Waals surface area contributed by atoms with Crippen molar-refractivity contribution in [1.82, 2.24) is 5.32 Å². The van der Waals surface area contributed by atoms with Crippen LogP contribution in [0.25, 0.3) is 0 Å². The zero-order chi connectivity index (χ0) is 13.7. The lowest BCUT2D eigenvalue weighted by Gasteiger charge is -2.22. The molecule has 1 aliphatic carbocycles. The van der Waals surface area contributed by atoms with Crippen molar-refractivity contribution >= 4 is 0 Å². The van der Waals surface area contributed by atoms with E-state index in [0.717, 1.165) is 18.0 Å². The number of rotatable bonds is 5. The maximum absolute atomic E-state index is 13.1. The molecule has 0 aliphatic heterocycles. The Bertz CT molecular complexity index is 400. The highest BCUT2D eigenvalue weighted by Gasteiger charge is 2.14. The summed E-state index contributed by atoms with van der Waals surface area (Å²) in [6.45, 7) is 2.94. The molecule has 0 bridgehead atoms. The average Bonchev–Trinajstić information content (AvgIpc) is 2.43. The molecule has 1 aliphatic rings. The molecule has 0 amide bonds. The third kappa shape index (κ3) is 4.27. The summed E-state index contributed by atoms with van der Waals surface area (Å²) in [7, 11) is 0. The molecular formula is C16H23F2N. The van der Waals surface area contributed by atoms with Crippen molar-refractivity contribution in [3.8, 4) is 0 Å². The lowest BCUT2D eigenvalue weighted by Crippen LogP contribution is -2.22. The van der Waals surface area contributed by atoms with Crippen LogP contribution in [0.15, 0.2) is 18.2 Å². The normalized spacial score (nSPS) is 18.5. The Balaban J connectivity index is 1.76. The molecule has 1 N–H and O–H groups in total. The van der Waals surface area contributed by atoms with E-state index in [9.17, 15) is 8.78 Å². The van der Waals surface area contributed by atoms with Crippen LogP contribution in [-0.2, 0) is 0 Å². The zero-order valence-corrected chi connectivity index (χ0v) is 11.6. The molecule has 2 rings (SSSR count). The lowest BCUT2D eigenvalue weighted by atomic mass is 9.87. The second-order valence-electron chi connectivity index (χ2n) is 5.64. The van der Waals surface area contributed by atoms with Gasteiger partial charge in [0.25, 0.3) is 0 Å². The summed E-state index contributed by atoms with van der Waals surface area (Å²) in [4.78, 5) is 0. The van der Waals surface area contributed by atoms with Crippen LogP contribution < -0.4 is 5.32 Å². The fraction of sp³-hybridized carbons (Fsp3) is 0.625. The number of halogens is 2. The smallest absolute Gasteiger partial charge is 0.159 e. The fourth-order valence-electron chi connectivity index (χ4n) is 2.88. The largest absolute Gasteiger partial charge is 0.310 e. The maximum atomic E-state index is 13.1. The SMILES string of the molecule is CC(NCCC1CCCCC1)c1ccc(F)c(F)c1. The Hall–Kier alpha value is -0.960. The van der Waals surface area contributed by atoms with Gasteiger partial charge in [-0.05, 0) is 43.5 Å². The molecule has 0 radical (unpaired) electrons. The summed E-state index contributed by atoms with van der Waals surface area (Å²) in [6.07, 6.45) is 8.00. The van der Waals surface area contributed by atoms with Gasteiger partial charge in [0.15, 0.2) is 11.6 Å². The summed E-state index contributed by atoms with van der Waals surface area (Å²) in [5.41, 5.74) is 0.808. The van der Waals surface area contributed by atoms with Crippen LogP contribution in [0.3, 0.4) is 0 Å². The Morgan fingerprint density at radius 2 is 1.89 bits per heavy atom. The van der Waals surface area contributed by atoms with E-state index < -0.39 is 11.6 Å². The van der Waals surface area contributed by atoms with Crippen LogP contribution in [0, 0.1) is 17.6 Å². The predicted molar refractivity (Wildman–Crippen MR) is 74.0 cm³/mol. The molecule has 19 heavy (non-hydrogen) atoms. The summed E-state index contributed by atoms with van der Waals surface area (Å²) in [5, 5.41) is 3.40. The van der Waals surface area contributed by atoms with Gasteiger partial charge < -0.3 is 5.32 Å². The number of nitrogens with one attached hydrogen (secondary N) is 1. The Morgan fingerprint density at radius 1 is 1.16 bits per heavy atom. The minimum atomic E-state index is -0.779. The highest BCUT2D eigenvalue weighted by atomic mass is 19.2. The molecule has 106 valence electrons. The first-order valence-corrected chi connectivity index (χ1v) is 7.35. The third-order valence-corrected chi connectivity index (χ3v) is 4.17. The van der Waals surface area contributed by atoms with Crippen molar-refractivity contribution in [2.45, 2.75) is 51.5 Å². The first-order valence-electron chi connectivity index (χ1n) is 7.35. The van der Waals surface area contributed by atoms with Crippen LogP contribution in [0.5, 0.6) is 0 Å². The highest BCUT2D eigenvalue weighted by molar-refractivity contribution is 5.20. The van der Waals surface area contributed by atoms with Gasteiger partial charge in [-0.2, -0.15) is 0 Å². The second-order valence-corrected chi connectivity index (χ2v) is 5.64. The molecule has 3 heteroatoms. The van der Waals surface area contributed by atoms with Gasteiger partial charge in [0.1, 0.15) is 0 Å². The Morgan fingerprint density at radius 3 is 2.58 bits per heavy atom. The van der Waals surface area contributed by atoms with E-state index in [1.165, 1.54) is 50.7 Å². The molecule has 1 aromatic rings. The Kier molecular flexibility index (Phi) is 5.32. The molecule has 0 saturated heterocycles. The van der Waals surface area contributed by atoms with Crippen LogP contribution in [0.4, 0.5) is 8.78 Å². The van der Waals surface area contributed by atoms with Gasteiger partial charge >= 0.3 is 0 Å². The monoisotopic (exact) mass is 267 g/mol. The molecule has 1 nitrogen and oxygen atoms in total. The molecule has 1 atom stereocenters. The zero-order valence-electron chi connectivity index (χ0n) is 11.6. The minimum Gasteiger partial charge on any atom is -0.310 e. The van der Waals surface area contributed by atoms with Gasteiger partial charge in [-0.1, -0.05) is 38.2 Å². The third-order valence-electron chi connectivity index (χ3n) is 4.17. The van der Waals surface area contributed by atoms with E-state index >= 15 is 0 Å². The molecule has 0 heterocycles. The minimum absolute atomic E-state index is 0.0682. The standard InChI is InChI=1S/C16H23F2N/c1-12(14-7-8-15(17)16(18)11-14)19-10-9-13-5-3-2-4-6-13/h7-8,11-13,19H,2-6,9-10H2,1H3. The summed E-state index contributed by atoms with van der Waals surface area (Å²) in [5.74, 6) is -0.699. The van der Waals surface area contributed by atoms with Gasteiger partial charge in [0.2, 0.25) is 0 Å². The van der Waals surface area contributed by atoms with Crippen LogP contribution in [0.2, 0.25) is 0 Å². The Labute approximate surface area is 114 Å². The lowest BCUT2D eigenvalue weighted by molar-refractivity contribution is 0.329. The van der Waals surface area contributed by atoms with E-state index in [1.807, 2.05) is 6.92 Å². The van der Waals surface area contributed by atoms with E-state index in [-0.39, 0.29) is 6.04 Å². The summed E-state index contributed by atoms with van der Waals surface area (Å²) >= 11 is 0. The van der Waals surface area contributed by atoms with E-state index in [2.05, 4.69) is 5.32 Å². The summed E-state index contributed by atoms with van der Waals surface area (Å²) in [6, 6.07) is 4.20. The molecule has 0 spiro atoms. The predicted octanol–water partition coefficient (Wildman–Crippen LogP) is 4.59. The van der Waals surface area contributed by atoms with Crippen molar-refractivity contribution < 1.29 is 8.78 Å². The van der Waals surface area contributed by atoms with E-state index in [4.69, 9.17) is 0 Å². The quantitative estimate of drug-likeness (QED) is 0.823. The molecule has 1 aromatic carbocycles. The van der Waals surface area contributed by atoms with Gasteiger partial charge in [-0.25, -0.2) is 8.78 Å². The summed E-state index contributed by atoms with van der Waals surface area (Å²) < 4.78 is 26.0. The maximum Gasteiger partial charge on any atom is 0.159 e. The number of hydrogen-bond donors (Lipinski definition) is 1. The highest BCUT2D eigenvalue weighted by Crippen LogP contribution is 2.26. The molecule has 1 unspecified atom stereocenters.